The average Bonchev–Trinajstić information content (AvgIpc) is 3.12. The Kier molecular flexibility index (Phi) is 8.80. The normalized spacial score (nSPS) is 14.4. The quantitative estimate of drug-likeness (QED) is 0.598. The highest BCUT2D eigenvalue weighted by molar-refractivity contribution is 7.09. The van der Waals surface area contributed by atoms with Crippen LogP contribution in [-0.4, -0.2) is 19.7 Å². The lowest BCUT2D eigenvalue weighted by Crippen LogP contribution is -2.29. The molecule has 3 rings (SSSR count). The molecule has 0 spiro atoms. The second-order valence-corrected chi connectivity index (χ2v) is 7.83. The summed E-state index contributed by atoms with van der Waals surface area (Å²) >= 11 is 1.85. The van der Waals surface area contributed by atoms with Gasteiger partial charge in [0.25, 0.3) is 0 Å². The first-order valence-electron chi connectivity index (χ1n) is 9.33. The van der Waals surface area contributed by atoms with Gasteiger partial charge in [-0.1, -0.05) is 19.1 Å². The number of hydrogen-bond donors (Lipinski definition) is 1. The van der Waals surface area contributed by atoms with Gasteiger partial charge >= 0.3 is 0 Å². The number of halogens is 1. The number of hydrogen-bond acceptors (Lipinski definition) is 3. The minimum atomic E-state index is 0. The lowest BCUT2D eigenvalue weighted by Gasteiger charge is -2.20. The fourth-order valence-electron chi connectivity index (χ4n) is 3.40. The molecule has 1 aliphatic carbocycles. The first-order chi connectivity index (χ1) is 11.8. The average molecular weight is 380 g/mol. The molecule has 0 amide bonds. The Hall–Kier alpha value is -1.03. The van der Waals surface area contributed by atoms with Crippen LogP contribution in [0.25, 0.3) is 0 Å². The van der Waals surface area contributed by atoms with Crippen molar-refractivity contribution in [3.05, 3.63) is 51.7 Å². The summed E-state index contributed by atoms with van der Waals surface area (Å²) < 4.78 is 6.18. The van der Waals surface area contributed by atoms with Crippen LogP contribution in [0.5, 0.6) is 5.75 Å². The van der Waals surface area contributed by atoms with Crippen LogP contribution in [0.2, 0.25) is 0 Å². The second-order valence-electron chi connectivity index (χ2n) is 6.80. The summed E-state index contributed by atoms with van der Waals surface area (Å²) in [6, 6.07) is 11.1. The van der Waals surface area contributed by atoms with E-state index in [4.69, 9.17) is 4.74 Å². The van der Waals surface area contributed by atoms with Crippen molar-refractivity contribution in [1.82, 2.24) is 5.32 Å². The van der Waals surface area contributed by atoms with Gasteiger partial charge in [-0.05, 0) is 79.8 Å². The molecule has 1 atom stereocenters. The Balaban J connectivity index is 0.00000225. The van der Waals surface area contributed by atoms with Crippen LogP contribution in [0.4, 0.5) is 0 Å². The predicted octanol–water partition coefficient (Wildman–Crippen LogP) is 5.29. The summed E-state index contributed by atoms with van der Waals surface area (Å²) in [7, 11) is 0. The molecule has 1 aromatic heterocycles. The van der Waals surface area contributed by atoms with Crippen molar-refractivity contribution < 1.29 is 4.74 Å². The Labute approximate surface area is 162 Å². The smallest absolute Gasteiger partial charge is 0.119 e. The molecule has 25 heavy (non-hydrogen) atoms. The van der Waals surface area contributed by atoms with Crippen molar-refractivity contribution in [2.24, 2.45) is 5.92 Å². The summed E-state index contributed by atoms with van der Waals surface area (Å²) in [4.78, 5) is 1.45. The molecule has 0 fully saturated rings. The van der Waals surface area contributed by atoms with E-state index in [-0.39, 0.29) is 12.4 Å². The van der Waals surface area contributed by atoms with Crippen molar-refractivity contribution in [3.8, 4) is 5.75 Å². The number of nitrogens with one attached hydrogen (secondary N) is 1. The van der Waals surface area contributed by atoms with Crippen LogP contribution in [0, 0.1) is 5.92 Å². The summed E-state index contributed by atoms with van der Waals surface area (Å²) in [5.74, 6) is 1.56. The Morgan fingerprint density at radius 1 is 1.16 bits per heavy atom. The van der Waals surface area contributed by atoms with Crippen molar-refractivity contribution in [2.75, 3.05) is 19.7 Å². The van der Waals surface area contributed by atoms with Crippen molar-refractivity contribution >= 4 is 23.7 Å². The van der Waals surface area contributed by atoms with E-state index < -0.39 is 0 Å². The maximum atomic E-state index is 6.18. The van der Waals surface area contributed by atoms with Crippen LogP contribution in [-0.2, 0) is 19.3 Å². The molecular weight excluding hydrogens is 350 g/mol. The number of benzene rings is 1. The second kappa shape index (κ2) is 10.8. The van der Waals surface area contributed by atoms with Gasteiger partial charge in [-0.3, -0.25) is 0 Å². The van der Waals surface area contributed by atoms with Gasteiger partial charge in [0.15, 0.2) is 0 Å². The van der Waals surface area contributed by atoms with Gasteiger partial charge in [-0.25, -0.2) is 0 Å². The van der Waals surface area contributed by atoms with E-state index in [9.17, 15) is 0 Å². The lowest BCUT2D eigenvalue weighted by atomic mass is 9.92. The third-order valence-electron chi connectivity index (χ3n) is 4.74. The SMILES string of the molecule is CCCNCC(COc1ccc2c(c1)CCCC2)Cc1cccs1.Cl. The number of ether oxygens (including phenoxy) is 1. The molecule has 1 N–H and O–H groups in total. The van der Waals surface area contributed by atoms with Gasteiger partial charge in [0, 0.05) is 17.3 Å². The van der Waals surface area contributed by atoms with Gasteiger partial charge in [-0.2, -0.15) is 0 Å². The molecule has 0 saturated heterocycles. The molecule has 0 bridgehead atoms. The van der Waals surface area contributed by atoms with E-state index >= 15 is 0 Å². The molecule has 1 unspecified atom stereocenters. The topological polar surface area (TPSA) is 21.3 Å². The van der Waals surface area contributed by atoms with Crippen LogP contribution in [0.15, 0.2) is 35.7 Å². The number of fused-ring (bicyclic) bond motifs is 1. The van der Waals surface area contributed by atoms with Gasteiger partial charge in [0.05, 0.1) is 6.61 Å². The zero-order valence-electron chi connectivity index (χ0n) is 15.1. The third kappa shape index (κ3) is 6.32. The molecule has 138 valence electrons. The highest BCUT2D eigenvalue weighted by Gasteiger charge is 2.13. The van der Waals surface area contributed by atoms with Crippen LogP contribution < -0.4 is 10.1 Å². The Bertz CT molecular complexity index is 614. The molecule has 0 radical (unpaired) electrons. The number of thiophene rings is 1. The van der Waals surface area contributed by atoms with Gasteiger partial charge in [0.1, 0.15) is 5.75 Å². The standard InChI is InChI=1S/C21H29NOS.ClH/c1-2-11-22-15-17(13-21-8-5-12-24-21)16-23-20-10-9-18-6-3-4-7-19(18)14-20;/h5,8-10,12,14,17,22H,2-4,6-7,11,13,15-16H2,1H3;1H. The minimum absolute atomic E-state index is 0. The van der Waals surface area contributed by atoms with Crippen molar-refractivity contribution in [3.63, 3.8) is 0 Å². The first-order valence-corrected chi connectivity index (χ1v) is 10.2. The molecule has 1 heterocycles. The highest BCUT2D eigenvalue weighted by Crippen LogP contribution is 2.26. The maximum Gasteiger partial charge on any atom is 0.119 e. The molecule has 2 aromatic rings. The van der Waals surface area contributed by atoms with E-state index in [0.717, 1.165) is 31.9 Å². The van der Waals surface area contributed by atoms with E-state index in [1.54, 1.807) is 0 Å². The maximum absolute atomic E-state index is 6.18. The predicted molar refractivity (Wildman–Crippen MR) is 111 cm³/mol. The summed E-state index contributed by atoms with van der Waals surface area (Å²) in [5, 5.41) is 5.72. The van der Waals surface area contributed by atoms with E-state index in [1.807, 2.05) is 11.3 Å². The third-order valence-corrected chi connectivity index (χ3v) is 5.63. The highest BCUT2D eigenvalue weighted by atomic mass is 35.5. The number of aryl methyl sites for hydroxylation is 2. The fraction of sp³-hybridized carbons (Fsp3) is 0.524. The number of rotatable bonds is 9. The van der Waals surface area contributed by atoms with E-state index in [2.05, 4.69) is 48.0 Å². The van der Waals surface area contributed by atoms with E-state index in [0.29, 0.717) is 5.92 Å². The Morgan fingerprint density at radius 2 is 2.00 bits per heavy atom. The van der Waals surface area contributed by atoms with E-state index in [1.165, 1.54) is 48.1 Å². The lowest BCUT2D eigenvalue weighted by molar-refractivity contribution is 0.243. The minimum Gasteiger partial charge on any atom is -0.493 e. The summed E-state index contributed by atoms with van der Waals surface area (Å²) in [5.41, 5.74) is 3.02. The van der Waals surface area contributed by atoms with Gasteiger partial charge < -0.3 is 10.1 Å². The first kappa shape index (κ1) is 20.3. The van der Waals surface area contributed by atoms with Crippen LogP contribution in [0.1, 0.15) is 42.2 Å². The molecule has 0 aliphatic heterocycles. The van der Waals surface area contributed by atoms with Crippen molar-refractivity contribution in [1.29, 1.82) is 0 Å². The van der Waals surface area contributed by atoms with Crippen molar-refractivity contribution in [2.45, 2.75) is 45.4 Å². The molecule has 2 nitrogen and oxygen atoms in total. The summed E-state index contributed by atoms with van der Waals surface area (Å²) in [6.45, 7) is 5.11. The Morgan fingerprint density at radius 3 is 2.76 bits per heavy atom. The van der Waals surface area contributed by atoms with Gasteiger partial charge in [-0.15, -0.1) is 23.7 Å². The van der Waals surface area contributed by atoms with Crippen LogP contribution >= 0.6 is 23.7 Å². The molecular formula is C21H30ClNOS. The molecule has 1 aliphatic rings. The fourth-order valence-corrected chi connectivity index (χ4v) is 4.22. The largest absolute Gasteiger partial charge is 0.493 e. The molecule has 4 heteroatoms. The molecule has 0 saturated carbocycles. The zero-order valence-corrected chi connectivity index (χ0v) is 16.8. The monoisotopic (exact) mass is 379 g/mol. The molecule has 1 aromatic carbocycles. The summed E-state index contributed by atoms with van der Waals surface area (Å²) in [6.07, 6.45) is 7.37. The van der Waals surface area contributed by atoms with Gasteiger partial charge in [0.2, 0.25) is 0 Å². The van der Waals surface area contributed by atoms with Crippen LogP contribution in [0.3, 0.4) is 0 Å². The zero-order chi connectivity index (χ0) is 16.6.